The maximum atomic E-state index is 10.2. The molecule has 0 aromatic heterocycles. The highest BCUT2D eigenvalue weighted by Crippen LogP contribution is 2.17. The summed E-state index contributed by atoms with van der Waals surface area (Å²) in [4.78, 5) is 11.5. The molecule has 0 amide bonds. The summed E-state index contributed by atoms with van der Waals surface area (Å²) in [7, 11) is 0. The molecule has 1 aromatic carbocycles. The van der Waals surface area contributed by atoms with Crippen LogP contribution >= 0.6 is 0 Å². The normalized spacial score (nSPS) is 12.6. The van der Waals surface area contributed by atoms with Crippen molar-refractivity contribution in [2.24, 2.45) is 0 Å². The van der Waals surface area contributed by atoms with E-state index < -0.39 is 11.2 Å². The fraction of sp³-hybridized carbons (Fsp3) is 0.333. The van der Waals surface area contributed by atoms with Crippen molar-refractivity contribution in [2.75, 3.05) is 11.4 Å². The van der Waals surface area contributed by atoms with E-state index in [2.05, 4.69) is 0 Å². The summed E-state index contributed by atoms with van der Waals surface area (Å²) in [5.41, 5.74) is 1.65. The Balaban J connectivity index is 2.83. The zero-order valence-corrected chi connectivity index (χ0v) is 9.91. The number of benzene rings is 1. The SMILES string of the molecule is CCN(c1ccc(/C=C/[N+](=O)[O-])cc1)C(C)O. The van der Waals surface area contributed by atoms with Crippen LogP contribution in [0.5, 0.6) is 0 Å². The number of hydrogen-bond acceptors (Lipinski definition) is 4. The van der Waals surface area contributed by atoms with Crippen LogP contribution in [0.3, 0.4) is 0 Å². The van der Waals surface area contributed by atoms with E-state index in [1.54, 1.807) is 19.1 Å². The van der Waals surface area contributed by atoms with E-state index in [9.17, 15) is 15.2 Å². The average Bonchev–Trinajstić information content (AvgIpc) is 2.28. The van der Waals surface area contributed by atoms with E-state index in [1.807, 2.05) is 24.0 Å². The predicted octanol–water partition coefficient (Wildman–Crippen LogP) is 2.10. The van der Waals surface area contributed by atoms with E-state index in [1.165, 1.54) is 6.08 Å². The third kappa shape index (κ3) is 3.88. The van der Waals surface area contributed by atoms with Crippen LogP contribution in [0, 0.1) is 10.1 Å². The first-order valence-corrected chi connectivity index (χ1v) is 5.41. The molecule has 0 saturated carbocycles. The fourth-order valence-electron chi connectivity index (χ4n) is 1.59. The predicted molar refractivity (Wildman–Crippen MR) is 67.2 cm³/mol. The van der Waals surface area contributed by atoms with E-state index in [0.717, 1.165) is 17.5 Å². The van der Waals surface area contributed by atoms with Crippen LogP contribution in [0.2, 0.25) is 0 Å². The molecule has 92 valence electrons. The number of nitrogens with zero attached hydrogens (tertiary/aromatic N) is 2. The Kier molecular flexibility index (Phi) is 4.66. The second kappa shape index (κ2) is 6.00. The molecule has 0 aliphatic heterocycles. The van der Waals surface area contributed by atoms with Crippen molar-refractivity contribution in [2.45, 2.75) is 20.1 Å². The largest absolute Gasteiger partial charge is 0.374 e. The molecule has 1 N–H and O–H groups in total. The molecule has 1 rings (SSSR count). The van der Waals surface area contributed by atoms with Gasteiger partial charge in [-0.15, -0.1) is 0 Å². The molecular formula is C12H16N2O3. The number of rotatable bonds is 5. The van der Waals surface area contributed by atoms with Gasteiger partial charge in [0.2, 0.25) is 6.20 Å². The van der Waals surface area contributed by atoms with Crippen LogP contribution in [0.15, 0.2) is 30.5 Å². The second-order valence-corrected chi connectivity index (χ2v) is 3.61. The summed E-state index contributed by atoms with van der Waals surface area (Å²) in [6.07, 6.45) is 1.78. The van der Waals surface area contributed by atoms with Gasteiger partial charge >= 0.3 is 0 Å². The Hall–Kier alpha value is -1.88. The molecule has 1 unspecified atom stereocenters. The number of nitro groups is 1. The summed E-state index contributed by atoms with van der Waals surface area (Å²) in [5, 5.41) is 19.7. The van der Waals surface area contributed by atoms with Gasteiger partial charge in [0.1, 0.15) is 6.23 Å². The molecule has 0 aliphatic carbocycles. The lowest BCUT2D eigenvalue weighted by Gasteiger charge is -2.26. The third-order valence-corrected chi connectivity index (χ3v) is 2.41. The minimum atomic E-state index is -0.555. The van der Waals surface area contributed by atoms with Gasteiger partial charge in [0, 0.05) is 18.3 Å². The van der Waals surface area contributed by atoms with Crippen LogP contribution in [-0.4, -0.2) is 22.8 Å². The molecule has 0 heterocycles. The van der Waals surface area contributed by atoms with Crippen LogP contribution in [0.4, 0.5) is 5.69 Å². The average molecular weight is 236 g/mol. The van der Waals surface area contributed by atoms with E-state index >= 15 is 0 Å². The van der Waals surface area contributed by atoms with Gasteiger partial charge in [-0.3, -0.25) is 10.1 Å². The van der Waals surface area contributed by atoms with Gasteiger partial charge in [-0.2, -0.15) is 0 Å². The third-order valence-electron chi connectivity index (χ3n) is 2.41. The van der Waals surface area contributed by atoms with Crippen molar-refractivity contribution >= 4 is 11.8 Å². The summed E-state index contributed by atoms with van der Waals surface area (Å²) in [6.45, 7) is 4.35. The van der Waals surface area contributed by atoms with Crippen molar-refractivity contribution in [3.63, 3.8) is 0 Å². The Bertz CT molecular complexity index is 399. The lowest BCUT2D eigenvalue weighted by atomic mass is 10.2. The zero-order valence-electron chi connectivity index (χ0n) is 9.91. The van der Waals surface area contributed by atoms with Crippen molar-refractivity contribution in [1.82, 2.24) is 0 Å². The topological polar surface area (TPSA) is 66.6 Å². The second-order valence-electron chi connectivity index (χ2n) is 3.61. The van der Waals surface area contributed by atoms with Gasteiger partial charge in [0.05, 0.1) is 4.92 Å². The first kappa shape index (κ1) is 13.2. The highest BCUT2D eigenvalue weighted by Gasteiger charge is 2.08. The molecule has 0 spiro atoms. The van der Waals surface area contributed by atoms with Crippen LogP contribution < -0.4 is 4.90 Å². The van der Waals surface area contributed by atoms with Crippen LogP contribution in [-0.2, 0) is 0 Å². The lowest BCUT2D eigenvalue weighted by Crippen LogP contribution is -2.32. The van der Waals surface area contributed by atoms with Crippen LogP contribution in [0.1, 0.15) is 19.4 Å². The highest BCUT2D eigenvalue weighted by molar-refractivity contribution is 5.55. The fourth-order valence-corrected chi connectivity index (χ4v) is 1.59. The lowest BCUT2D eigenvalue weighted by molar-refractivity contribution is -0.400. The molecule has 1 atom stereocenters. The molecule has 0 fully saturated rings. The Morgan fingerprint density at radius 1 is 1.47 bits per heavy atom. The number of hydrogen-bond donors (Lipinski definition) is 1. The summed E-state index contributed by atoms with van der Waals surface area (Å²) in [5.74, 6) is 0. The number of anilines is 1. The minimum absolute atomic E-state index is 0.498. The molecule has 1 aromatic rings. The number of aliphatic hydroxyl groups excluding tert-OH is 1. The van der Waals surface area contributed by atoms with Gasteiger partial charge in [-0.1, -0.05) is 12.1 Å². The quantitative estimate of drug-likeness (QED) is 0.483. The molecule has 5 heteroatoms. The van der Waals surface area contributed by atoms with Crippen molar-refractivity contribution in [3.05, 3.63) is 46.1 Å². The summed E-state index contributed by atoms with van der Waals surface area (Å²) >= 11 is 0. The van der Waals surface area contributed by atoms with Crippen LogP contribution in [0.25, 0.3) is 6.08 Å². The van der Waals surface area contributed by atoms with Gasteiger partial charge in [-0.05, 0) is 31.5 Å². The molecule has 5 nitrogen and oxygen atoms in total. The standard InChI is InChI=1S/C12H16N2O3/c1-3-13(10(2)15)12-6-4-11(5-7-12)8-9-14(16)17/h4-10,15H,3H2,1-2H3/b9-8+. The van der Waals surface area contributed by atoms with Gasteiger partial charge in [-0.25, -0.2) is 0 Å². The van der Waals surface area contributed by atoms with E-state index in [0.29, 0.717) is 6.54 Å². The first-order valence-electron chi connectivity index (χ1n) is 5.41. The molecule has 0 bridgehead atoms. The van der Waals surface area contributed by atoms with Crippen molar-refractivity contribution in [1.29, 1.82) is 0 Å². The van der Waals surface area contributed by atoms with Crippen molar-refractivity contribution in [3.8, 4) is 0 Å². The Morgan fingerprint density at radius 2 is 2.06 bits per heavy atom. The van der Waals surface area contributed by atoms with Crippen molar-refractivity contribution < 1.29 is 10.0 Å². The Morgan fingerprint density at radius 3 is 2.47 bits per heavy atom. The minimum Gasteiger partial charge on any atom is -0.374 e. The maximum Gasteiger partial charge on any atom is 0.235 e. The summed E-state index contributed by atoms with van der Waals surface area (Å²) < 4.78 is 0. The smallest absolute Gasteiger partial charge is 0.235 e. The van der Waals surface area contributed by atoms with Gasteiger partial charge in [0.15, 0.2) is 0 Å². The summed E-state index contributed by atoms with van der Waals surface area (Å²) in [6, 6.07) is 7.21. The first-order chi connectivity index (χ1) is 8.04. The maximum absolute atomic E-state index is 10.2. The number of aliphatic hydroxyl groups is 1. The van der Waals surface area contributed by atoms with E-state index in [-0.39, 0.29) is 0 Å². The molecule has 0 radical (unpaired) electrons. The van der Waals surface area contributed by atoms with Gasteiger partial charge in [0.25, 0.3) is 0 Å². The molecular weight excluding hydrogens is 220 g/mol. The Labute approximate surface area is 100 Å². The van der Waals surface area contributed by atoms with Gasteiger partial charge < -0.3 is 10.0 Å². The monoisotopic (exact) mass is 236 g/mol. The molecule has 0 saturated heterocycles. The highest BCUT2D eigenvalue weighted by atomic mass is 16.6. The zero-order chi connectivity index (χ0) is 12.8. The molecule has 17 heavy (non-hydrogen) atoms. The van der Waals surface area contributed by atoms with E-state index in [4.69, 9.17) is 0 Å². The molecule has 0 aliphatic rings.